The predicted octanol–water partition coefficient (Wildman–Crippen LogP) is 2.92. The number of benzene rings is 2. The minimum Gasteiger partial charge on any atom is -0.506 e. The van der Waals surface area contributed by atoms with E-state index in [0.717, 1.165) is 43.3 Å². The van der Waals surface area contributed by atoms with Crippen molar-refractivity contribution in [2.45, 2.75) is 0 Å². The Morgan fingerprint density at radius 1 is 1.08 bits per heavy atom. The molecular formula is C18H21N3O2S. The Morgan fingerprint density at radius 2 is 1.83 bits per heavy atom. The number of aromatic hydroxyl groups is 1. The molecule has 126 valence electrons. The van der Waals surface area contributed by atoms with Crippen LogP contribution in [0.4, 0.5) is 11.4 Å². The number of ether oxygens (including phenoxy) is 1. The molecule has 0 unspecified atom stereocenters. The molecule has 6 heteroatoms. The van der Waals surface area contributed by atoms with Gasteiger partial charge in [0.05, 0.1) is 12.8 Å². The average Bonchev–Trinajstić information content (AvgIpc) is 2.62. The third-order valence-corrected chi connectivity index (χ3v) is 4.47. The van der Waals surface area contributed by atoms with Crippen LogP contribution in [0.1, 0.15) is 0 Å². The lowest BCUT2D eigenvalue weighted by Gasteiger charge is -2.37. The van der Waals surface area contributed by atoms with E-state index in [1.807, 2.05) is 42.5 Å². The summed E-state index contributed by atoms with van der Waals surface area (Å²) in [6.45, 7) is 3.25. The normalized spacial score (nSPS) is 14.4. The molecule has 5 nitrogen and oxygen atoms in total. The van der Waals surface area contributed by atoms with E-state index in [9.17, 15) is 5.11 Å². The number of anilines is 2. The number of nitrogens with one attached hydrogen (secondary N) is 1. The Labute approximate surface area is 147 Å². The lowest BCUT2D eigenvalue weighted by Crippen LogP contribution is -2.50. The van der Waals surface area contributed by atoms with E-state index in [4.69, 9.17) is 17.0 Å². The van der Waals surface area contributed by atoms with Crippen LogP contribution in [-0.4, -0.2) is 48.4 Å². The number of hydrogen-bond donors (Lipinski definition) is 2. The van der Waals surface area contributed by atoms with Crippen LogP contribution in [0.2, 0.25) is 0 Å². The first-order valence-corrected chi connectivity index (χ1v) is 8.31. The highest BCUT2D eigenvalue weighted by molar-refractivity contribution is 7.80. The second-order valence-corrected chi connectivity index (χ2v) is 6.01. The summed E-state index contributed by atoms with van der Waals surface area (Å²) in [5.74, 6) is 1.12. The van der Waals surface area contributed by atoms with Gasteiger partial charge in [-0.05, 0) is 36.5 Å². The van der Waals surface area contributed by atoms with E-state index in [1.54, 1.807) is 13.2 Å². The molecule has 0 spiro atoms. The summed E-state index contributed by atoms with van der Waals surface area (Å²) in [7, 11) is 1.65. The Balaban J connectivity index is 1.58. The van der Waals surface area contributed by atoms with Gasteiger partial charge in [0.25, 0.3) is 0 Å². The van der Waals surface area contributed by atoms with Crippen LogP contribution in [0, 0.1) is 0 Å². The van der Waals surface area contributed by atoms with E-state index >= 15 is 0 Å². The van der Waals surface area contributed by atoms with Crippen molar-refractivity contribution >= 4 is 28.7 Å². The highest BCUT2D eigenvalue weighted by Crippen LogP contribution is 2.27. The van der Waals surface area contributed by atoms with E-state index in [1.165, 1.54) is 0 Å². The third-order valence-electron chi connectivity index (χ3n) is 4.11. The van der Waals surface area contributed by atoms with Gasteiger partial charge in [0.15, 0.2) is 5.11 Å². The van der Waals surface area contributed by atoms with Crippen LogP contribution in [0.5, 0.6) is 11.5 Å². The van der Waals surface area contributed by atoms with Crippen molar-refractivity contribution in [2.75, 3.05) is 43.5 Å². The van der Waals surface area contributed by atoms with Gasteiger partial charge in [-0.15, -0.1) is 0 Å². The molecule has 2 N–H and O–H groups in total. The molecule has 0 atom stereocenters. The van der Waals surface area contributed by atoms with Crippen LogP contribution >= 0.6 is 12.2 Å². The van der Waals surface area contributed by atoms with Crippen molar-refractivity contribution in [3.63, 3.8) is 0 Å². The van der Waals surface area contributed by atoms with Gasteiger partial charge >= 0.3 is 0 Å². The van der Waals surface area contributed by atoms with Crippen molar-refractivity contribution in [1.29, 1.82) is 0 Å². The van der Waals surface area contributed by atoms with Crippen molar-refractivity contribution in [1.82, 2.24) is 4.90 Å². The monoisotopic (exact) mass is 343 g/mol. The molecule has 1 heterocycles. The Morgan fingerprint density at radius 3 is 2.54 bits per heavy atom. The summed E-state index contributed by atoms with van der Waals surface area (Å²) >= 11 is 5.52. The fourth-order valence-corrected chi connectivity index (χ4v) is 3.09. The molecule has 1 saturated heterocycles. The molecule has 0 saturated carbocycles. The summed E-state index contributed by atoms with van der Waals surface area (Å²) in [6, 6.07) is 15.2. The maximum atomic E-state index is 9.98. The molecule has 0 bridgehead atoms. The van der Waals surface area contributed by atoms with Gasteiger partial charge < -0.3 is 25.0 Å². The Hall–Kier alpha value is -2.47. The van der Waals surface area contributed by atoms with Crippen LogP contribution in [-0.2, 0) is 0 Å². The number of methoxy groups -OCH3 is 1. The largest absolute Gasteiger partial charge is 0.506 e. The quantitative estimate of drug-likeness (QED) is 0.836. The van der Waals surface area contributed by atoms with Gasteiger partial charge in [0, 0.05) is 37.9 Å². The first kappa shape index (κ1) is 16.4. The highest BCUT2D eigenvalue weighted by Gasteiger charge is 2.20. The van der Waals surface area contributed by atoms with Crippen LogP contribution in [0.25, 0.3) is 0 Å². The molecule has 24 heavy (non-hydrogen) atoms. The highest BCUT2D eigenvalue weighted by atomic mass is 32.1. The first-order chi connectivity index (χ1) is 11.7. The topological polar surface area (TPSA) is 48.0 Å². The second-order valence-electron chi connectivity index (χ2n) is 5.62. The van der Waals surface area contributed by atoms with Crippen molar-refractivity contribution in [2.24, 2.45) is 0 Å². The molecule has 0 aromatic heterocycles. The zero-order chi connectivity index (χ0) is 16.9. The number of phenolic OH excluding ortho intramolecular Hbond substituents is 1. The number of rotatable bonds is 3. The predicted molar refractivity (Wildman–Crippen MR) is 101 cm³/mol. The number of nitrogens with zero attached hydrogens (tertiary/aromatic N) is 2. The molecule has 3 rings (SSSR count). The summed E-state index contributed by atoms with van der Waals surface area (Å²) < 4.78 is 5.23. The lowest BCUT2D eigenvalue weighted by atomic mass is 10.2. The van der Waals surface area contributed by atoms with Gasteiger partial charge in [0.2, 0.25) is 0 Å². The molecule has 2 aromatic carbocycles. The second kappa shape index (κ2) is 7.40. The summed E-state index contributed by atoms with van der Waals surface area (Å²) in [5.41, 5.74) is 1.80. The summed E-state index contributed by atoms with van der Waals surface area (Å²) in [5, 5.41) is 13.9. The standard InChI is InChI=1S/C18H21N3O2S/c1-23-15-6-4-5-14(13-15)19-18(24)21-11-9-20(10-12-21)16-7-2-3-8-17(16)22/h2-8,13,22H,9-12H2,1H3,(H,19,24). The minimum absolute atomic E-state index is 0.322. The summed E-state index contributed by atoms with van der Waals surface area (Å²) in [6.07, 6.45) is 0. The molecule has 1 fully saturated rings. The smallest absolute Gasteiger partial charge is 0.173 e. The van der Waals surface area contributed by atoms with E-state index in [2.05, 4.69) is 15.1 Å². The SMILES string of the molecule is COc1cccc(NC(=S)N2CCN(c3ccccc3O)CC2)c1. The zero-order valence-corrected chi connectivity index (χ0v) is 14.4. The first-order valence-electron chi connectivity index (χ1n) is 7.90. The van der Waals surface area contributed by atoms with Gasteiger partial charge in [-0.3, -0.25) is 0 Å². The van der Waals surface area contributed by atoms with Gasteiger partial charge in [0.1, 0.15) is 11.5 Å². The number of para-hydroxylation sites is 2. The molecule has 0 aliphatic carbocycles. The van der Waals surface area contributed by atoms with Crippen molar-refractivity contribution < 1.29 is 9.84 Å². The van der Waals surface area contributed by atoms with Gasteiger partial charge in [-0.25, -0.2) is 0 Å². The van der Waals surface area contributed by atoms with Crippen molar-refractivity contribution in [3.05, 3.63) is 48.5 Å². The van der Waals surface area contributed by atoms with E-state index in [0.29, 0.717) is 10.9 Å². The number of hydrogen-bond acceptors (Lipinski definition) is 4. The third kappa shape index (κ3) is 3.71. The average molecular weight is 343 g/mol. The molecule has 0 amide bonds. The molecular weight excluding hydrogens is 322 g/mol. The number of piperazine rings is 1. The zero-order valence-electron chi connectivity index (χ0n) is 13.6. The fourth-order valence-electron chi connectivity index (χ4n) is 2.79. The lowest BCUT2D eigenvalue weighted by molar-refractivity contribution is 0.387. The molecule has 2 aromatic rings. The number of thiocarbonyl (C=S) groups is 1. The fraction of sp³-hybridized carbons (Fsp3) is 0.278. The maximum Gasteiger partial charge on any atom is 0.173 e. The van der Waals surface area contributed by atoms with Crippen LogP contribution < -0.4 is 15.0 Å². The number of phenols is 1. The maximum absolute atomic E-state index is 9.98. The molecule has 1 aliphatic rings. The Kier molecular flexibility index (Phi) is 5.05. The van der Waals surface area contributed by atoms with Gasteiger partial charge in [-0.1, -0.05) is 18.2 Å². The molecule has 0 radical (unpaired) electrons. The van der Waals surface area contributed by atoms with Crippen LogP contribution in [0.15, 0.2) is 48.5 Å². The van der Waals surface area contributed by atoms with Crippen molar-refractivity contribution in [3.8, 4) is 11.5 Å². The van der Waals surface area contributed by atoms with Crippen LogP contribution in [0.3, 0.4) is 0 Å². The summed E-state index contributed by atoms with van der Waals surface area (Å²) in [4.78, 5) is 4.32. The molecule has 1 aliphatic heterocycles. The minimum atomic E-state index is 0.322. The Bertz CT molecular complexity index is 715. The van der Waals surface area contributed by atoms with E-state index < -0.39 is 0 Å². The van der Waals surface area contributed by atoms with E-state index in [-0.39, 0.29) is 0 Å². The van der Waals surface area contributed by atoms with Gasteiger partial charge in [-0.2, -0.15) is 0 Å².